The normalized spacial score (nSPS) is 16.8. The summed E-state index contributed by atoms with van der Waals surface area (Å²) in [6.07, 6.45) is 0. The molecule has 0 spiro atoms. The first-order valence-corrected chi connectivity index (χ1v) is 6.00. The lowest BCUT2D eigenvalue weighted by atomic mass is 10.1. The van der Waals surface area contributed by atoms with Crippen LogP contribution in [0.3, 0.4) is 0 Å². The molecule has 0 atom stereocenters. The highest BCUT2D eigenvalue weighted by atomic mass is 19.2. The maximum absolute atomic E-state index is 13.6. The Labute approximate surface area is 105 Å². The molecular formula is C13H16F2N2O. The SMILES string of the molecule is Cc1ccc(C(=O)CN2CCNCC2)c(F)c1F. The zero-order valence-electron chi connectivity index (χ0n) is 10.3. The Morgan fingerprint density at radius 3 is 2.61 bits per heavy atom. The summed E-state index contributed by atoms with van der Waals surface area (Å²) in [5, 5.41) is 3.17. The summed E-state index contributed by atoms with van der Waals surface area (Å²) < 4.78 is 27.0. The van der Waals surface area contributed by atoms with Crippen LogP contribution in [0.2, 0.25) is 0 Å². The van der Waals surface area contributed by atoms with Crippen molar-refractivity contribution < 1.29 is 13.6 Å². The van der Waals surface area contributed by atoms with Crippen molar-refractivity contribution in [3.8, 4) is 0 Å². The molecule has 1 aromatic carbocycles. The van der Waals surface area contributed by atoms with E-state index in [1.54, 1.807) is 0 Å². The van der Waals surface area contributed by atoms with E-state index in [0.29, 0.717) is 0 Å². The van der Waals surface area contributed by atoms with Gasteiger partial charge in [-0.1, -0.05) is 6.07 Å². The molecule has 0 saturated carbocycles. The highest BCUT2D eigenvalue weighted by molar-refractivity contribution is 5.98. The fraction of sp³-hybridized carbons (Fsp3) is 0.462. The second-order valence-electron chi connectivity index (χ2n) is 4.51. The molecule has 0 bridgehead atoms. The first kappa shape index (κ1) is 13.1. The fourth-order valence-electron chi connectivity index (χ4n) is 2.02. The van der Waals surface area contributed by atoms with E-state index in [1.807, 2.05) is 4.90 Å². The van der Waals surface area contributed by atoms with Gasteiger partial charge >= 0.3 is 0 Å². The van der Waals surface area contributed by atoms with Gasteiger partial charge in [-0.2, -0.15) is 0 Å². The first-order chi connectivity index (χ1) is 8.59. The van der Waals surface area contributed by atoms with E-state index in [4.69, 9.17) is 0 Å². The number of carbonyl (C=O) groups is 1. The average molecular weight is 254 g/mol. The molecule has 3 nitrogen and oxygen atoms in total. The largest absolute Gasteiger partial charge is 0.314 e. The van der Waals surface area contributed by atoms with E-state index in [-0.39, 0.29) is 23.5 Å². The van der Waals surface area contributed by atoms with Crippen LogP contribution in [0.4, 0.5) is 8.78 Å². The summed E-state index contributed by atoms with van der Waals surface area (Å²) in [6, 6.07) is 2.79. The number of aryl methyl sites for hydroxylation is 1. The number of benzene rings is 1. The molecule has 98 valence electrons. The van der Waals surface area contributed by atoms with Crippen LogP contribution in [0.1, 0.15) is 15.9 Å². The number of nitrogens with zero attached hydrogens (tertiary/aromatic N) is 1. The van der Waals surface area contributed by atoms with Gasteiger partial charge in [-0.05, 0) is 18.6 Å². The Bertz CT molecular complexity index is 457. The zero-order chi connectivity index (χ0) is 13.1. The van der Waals surface area contributed by atoms with Crippen molar-refractivity contribution in [3.63, 3.8) is 0 Å². The van der Waals surface area contributed by atoms with Gasteiger partial charge in [-0.15, -0.1) is 0 Å². The standard InChI is InChI=1S/C13H16F2N2O/c1-9-2-3-10(13(15)12(9)14)11(18)8-17-6-4-16-5-7-17/h2-3,16H,4-8H2,1H3. The van der Waals surface area contributed by atoms with E-state index in [0.717, 1.165) is 26.2 Å². The Morgan fingerprint density at radius 2 is 1.94 bits per heavy atom. The van der Waals surface area contributed by atoms with Gasteiger partial charge in [0, 0.05) is 26.2 Å². The van der Waals surface area contributed by atoms with Crippen LogP contribution >= 0.6 is 0 Å². The van der Waals surface area contributed by atoms with E-state index in [9.17, 15) is 13.6 Å². The molecule has 1 saturated heterocycles. The Balaban J connectivity index is 2.11. The molecule has 5 heteroatoms. The molecule has 0 radical (unpaired) electrons. The van der Waals surface area contributed by atoms with Gasteiger partial charge < -0.3 is 5.32 Å². The average Bonchev–Trinajstić information content (AvgIpc) is 2.37. The Kier molecular flexibility index (Phi) is 4.04. The minimum absolute atomic E-state index is 0.140. The summed E-state index contributed by atoms with van der Waals surface area (Å²) in [6.45, 7) is 4.75. The third-order valence-electron chi connectivity index (χ3n) is 3.15. The van der Waals surface area contributed by atoms with Crippen LogP contribution in [-0.2, 0) is 0 Å². The third kappa shape index (κ3) is 2.73. The van der Waals surface area contributed by atoms with Crippen LogP contribution in [0.5, 0.6) is 0 Å². The summed E-state index contributed by atoms with van der Waals surface area (Å²) in [7, 11) is 0. The molecule has 0 amide bonds. The summed E-state index contributed by atoms with van der Waals surface area (Å²) >= 11 is 0. The van der Waals surface area contributed by atoms with Crippen molar-refractivity contribution in [3.05, 3.63) is 34.9 Å². The molecule has 1 fully saturated rings. The van der Waals surface area contributed by atoms with Crippen molar-refractivity contribution in [2.75, 3.05) is 32.7 Å². The number of carbonyl (C=O) groups excluding carboxylic acids is 1. The van der Waals surface area contributed by atoms with Crippen LogP contribution in [-0.4, -0.2) is 43.4 Å². The van der Waals surface area contributed by atoms with Crippen molar-refractivity contribution in [2.45, 2.75) is 6.92 Å². The lowest BCUT2D eigenvalue weighted by Crippen LogP contribution is -2.45. The molecule has 0 unspecified atom stereocenters. The predicted molar refractivity (Wildman–Crippen MR) is 64.7 cm³/mol. The molecule has 1 N–H and O–H groups in total. The molecule has 0 aromatic heterocycles. The molecule has 1 aromatic rings. The van der Waals surface area contributed by atoms with Gasteiger partial charge in [-0.3, -0.25) is 9.69 Å². The summed E-state index contributed by atoms with van der Waals surface area (Å²) in [4.78, 5) is 13.9. The Hall–Kier alpha value is -1.33. The van der Waals surface area contributed by atoms with Gasteiger partial charge in [0.15, 0.2) is 17.4 Å². The van der Waals surface area contributed by atoms with Crippen molar-refractivity contribution in [2.24, 2.45) is 0 Å². The molecule has 2 rings (SSSR count). The van der Waals surface area contributed by atoms with E-state index in [2.05, 4.69) is 5.32 Å². The van der Waals surface area contributed by atoms with Crippen LogP contribution in [0, 0.1) is 18.6 Å². The maximum atomic E-state index is 13.6. The smallest absolute Gasteiger partial charge is 0.179 e. The number of piperazine rings is 1. The lowest BCUT2D eigenvalue weighted by molar-refractivity contribution is 0.0916. The van der Waals surface area contributed by atoms with Gasteiger partial charge in [0.2, 0.25) is 0 Å². The van der Waals surface area contributed by atoms with Crippen LogP contribution < -0.4 is 5.32 Å². The second kappa shape index (κ2) is 5.54. The molecule has 1 heterocycles. The first-order valence-electron chi connectivity index (χ1n) is 6.00. The van der Waals surface area contributed by atoms with Crippen molar-refractivity contribution in [1.29, 1.82) is 0 Å². The number of hydrogen-bond acceptors (Lipinski definition) is 3. The van der Waals surface area contributed by atoms with Crippen molar-refractivity contribution in [1.82, 2.24) is 10.2 Å². The fourth-order valence-corrected chi connectivity index (χ4v) is 2.02. The number of rotatable bonds is 3. The lowest BCUT2D eigenvalue weighted by Gasteiger charge is -2.26. The summed E-state index contributed by atoms with van der Waals surface area (Å²) in [5.41, 5.74) is 0.0582. The Morgan fingerprint density at radius 1 is 1.28 bits per heavy atom. The topological polar surface area (TPSA) is 32.3 Å². The number of halogens is 2. The number of Topliss-reactive ketones (excluding diaryl/α,β-unsaturated/α-hetero) is 1. The van der Waals surface area contributed by atoms with E-state index >= 15 is 0 Å². The second-order valence-corrected chi connectivity index (χ2v) is 4.51. The molecule has 18 heavy (non-hydrogen) atoms. The van der Waals surface area contributed by atoms with Crippen molar-refractivity contribution >= 4 is 5.78 Å². The van der Waals surface area contributed by atoms with Gasteiger partial charge in [0.25, 0.3) is 0 Å². The molecule has 1 aliphatic heterocycles. The number of hydrogen-bond donors (Lipinski definition) is 1. The highest BCUT2D eigenvalue weighted by Gasteiger charge is 2.20. The number of ketones is 1. The van der Waals surface area contributed by atoms with Gasteiger partial charge in [0.05, 0.1) is 12.1 Å². The van der Waals surface area contributed by atoms with Crippen LogP contribution in [0.25, 0.3) is 0 Å². The van der Waals surface area contributed by atoms with Gasteiger partial charge in [-0.25, -0.2) is 8.78 Å². The number of nitrogens with one attached hydrogen (secondary N) is 1. The molecule has 0 aliphatic carbocycles. The molecular weight excluding hydrogens is 238 g/mol. The minimum Gasteiger partial charge on any atom is -0.314 e. The maximum Gasteiger partial charge on any atom is 0.179 e. The molecule has 1 aliphatic rings. The minimum atomic E-state index is -1.03. The monoisotopic (exact) mass is 254 g/mol. The third-order valence-corrected chi connectivity index (χ3v) is 3.15. The predicted octanol–water partition coefficient (Wildman–Crippen LogP) is 1.36. The highest BCUT2D eigenvalue weighted by Crippen LogP contribution is 2.16. The quantitative estimate of drug-likeness (QED) is 0.827. The zero-order valence-corrected chi connectivity index (χ0v) is 10.3. The summed E-state index contributed by atoms with van der Waals surface area (Å²) in [5.74, 6) is -2.33. The van der Waals surface area contributed by atoms with Crippen LogP contribution in [0.15, 0.2) is 12.1 Å². The van der Waals surface area contributed by atoms with E-state index < -0.39 is 11.6 Å². The van der Waals surface area contributed by atoms with E-state index in [1.165, 1.54) is 19.1 Å². The van der Waals surface area contributed by atoms with Gasteiger partial charge in [0.1, 0.15) is 0 Å².